The number of rotatable bonds is 3. The molecular formula is C18H23N3O4S. The Morgan fingerprint density at radius 3 is 2.65 bits per heavy atom. The predicted molar refractivity (Wildman–Crippen MR) is 99.9 cm³/mol. The molecule has 140 valence electrons. The van der Waals surface area contributed by atoms with E-state index in [-0.39, 0.29) is 41.9 Å². The molecule has 0 radical (unpaired) electrons. The smallest absolute Gasteiger partial charge is 0.274 e. The summed E-state index contributed by atoms with van der Waals surface area (Å²) in [6, 6.07) is 5.27. The number of benzene rings is 1. The summed E-state index contributed by atoms with van der Waals surface area (Å²) >= 11 is 0. The maximum Gasteiger partial charge on any atom is 0.274 e. The second-order valence-electron chi connectivity index (χ2n) is 6.93. The number of hydrogen-bond donors (Lipinski definition) is 0. The van der Waals surface area contributed by atoms with Crippen LogP contribution in [0.2, 0.25) is 0 Å². The third-order valence-corrected chi connectivity index (χ3v) is 6.85. The predicted octanol–water partition coefficient (Wildman–Crippen LogP) is 1.43. The summed E-state index contributed by atoms with van der Waals surface area (Å²) < 4.78 is 23.4. The second kappa shape index (κ2) is 6.83. The van der Waals surface area contributed by atoms with Gasteiger partial charge in [-0.2, -0.15) is 5.10 Å². The topological polar surface area (TPSA) is 87.1 Å². The fraction of sp³-hybridized carbons (Fsp3) is 0.500. The molecule has 0 spiro atoms. The lowest BCUT2D eigenvalue weighted by Crippen LogP contribution is -2.44. The highest BCUT2D eigenvalue weighted by Crippen LogP contribution is 2.25. The molecule has 2 aliphatic rings. The molecule has 3 rings (SSSR count). The first-order valence-corrected chi connectivity index (χ1v) is 10.5. The van der Waals surface area contributed by atoms with Crippen molar-refractivity contribution in [3.63, 3.8) is 0 Å². The van der Waals surface area contributed by atoms with Gasteiger partial charge in [-0.15, -0.1) is 0 Å². The molecule has 0 bridgehead atoms. The van der Waals surface area contributed by atoms with Crippen LogP contribution < -0.4 is 4.90 Å². The van der Waals surface area contributed by atoms with Crippen LogP contribution in [0.1, 0.15) is 30.4 Å². The maximum absolute atomic E-state index is 12.9. The van der Waals surface area contributed by atoms with Crippen LogP contribution in [0.5, 0.6) is 0 Å². The highest BCUT2D eigenvalue weighted by molar-refractivity contribution is 7.91. The number of carbonyl (C=O) groups excluding carboxylic acids is 2. The van der Waals surface area contributed by atoms with Gasteiger partial charge < -0.3 is 4.90 Å². The van der Waals surface area contributed by atoms with Crippen molar-refractivity contribution in [2.24, 2.45) is 5.10 Å². The molecule has 7 nitrogen and oxygen atoms in total. The van der Waals surface area contributed by atoms with Crippen molar-refractivity contribution in [3.05, 3.63) is 29.3 Å². The molecule has 2 aliphatic heterocycles. The molecule has 26 heavy (non-hydrogen) atoms. The summed E-state index contributed by atoms with van der Waals surface area (Å²) in [5.74, 6) is -0.519. The van der Waals surface area contributed by atoms with E-state index in [2.05, 4.69) is 5.10 Å². The van der Waals surface area contributed by atoms with Gasteiger partial charge in [-0.25, -0.2) is 13.4 Å². The van der Waals surface area contributed by atoms with E-state index in [1.54, 1.807) is 11.9 Å². The van der Waals surface area contributed by atoms with Gasteiger partial charge in [0.15, 0.2) is 9.84 Å². The number of hydrogen-bond acceptors (Lipinski definition) is 5. The van der Waals surface area contributed by atoms with E-state index in [1.807, 2.05) is 32.0 Å². The minimum atomic E-state index is -3.13. The normalized spacial score (nSPS) is 22.3. The van der Waals surface area contributed by atoms with Crippen molar-refractivity contribution in [3.8, 4) is 0 Å². The van der Waals surface area contributed by atoms with Gasteiger partial charge in [-0.1, -0.05) is 12.1 Å². The van der Waals surface area contributed by atoms with E-state index in [9.17, 15) is 18.0 Å². The van der Waals surface area contributed by atoms with E-state index in [4.69, 9.17) is 0 Å². The number of sulfone groups is 1. The van der Waals surface area contributed by atoms with Crippen LogP contribution in [0, 0.1) is 13.8 Å². The zero-order valence-electron chi connectivity index (χ0n) is 15.2. The van der Waals surface area contributed by atoms with E-state index in [1.165, 1.54) is 5.01 Å². The van der Waals surface area contributed by atoms with Crippen molar-refractivity contribution in [1.29, 1.82) is 0 Å². The van der Waals surface area contributed by atoms with Crippen molar-refractivity contribution in [2.75, 3.05) is 23.5 Å². The van der Waals surface area contributed by atoms with Crippen molar-refractivity contribution < 1.29 is 18.0 Å². The summed E-state index contributed by atoms with van der Waals surface area (Å²) in [5, 5.41) is 5.47. The largest absolute Gasteiger partial charge is 0.310 e. The Morgan fingerprint density at radius 1 is 1.27 bits per heavy atom. The number of amides is 2. The highest BCUT2D eigenvalue weighted by Gasteiger charge is 2.37. The number of hydrazone groups is 1. The Labute approximate surface area is 153 Å². The van der Waals surface area contributed by atoms with Gasteiger partial charge >= 0.3 is 0 Å². The molecule has 0 N–H and O–H groups in total. The molecule has 2 amide bonds. The van der Waals surface area contributed by atoms with E-state index in [0.29, 0.717) is 6.42 Å². The van der Waals surface area contributed by atoms with Crippen LogP contribution in [0.25, 0.3) is 0 Å². The third kappa shape index (κ3) is 3.51. The minimum Gasteiger partial charge on any atom is -0.310 e. The van der Waals surface area contributed by atoms with E-state index in [0.717, 1.165) is 16.8 Å². The highest BCUT2D eigenvalue weighted by atomic mass is 32.2. The standard InChI is InChI=1S/C18H23N3O4S/c1-12-5-4-6-16(13(12)2)20(3)18(23)15-7-8-17(22)21(19-15)14-9-10-26(24,25)11-14/h4-6,14H,7-11H2,1-3H3/t14-/m0/s1. The molecular weight excluding hydrogens is 354 g/mol. The van der Waals surface area contributed by atoms with Crippen LogP contribution in [0.15, 0.2) is 23.3 Å². The molecule has 0 aromatic heterocycles. The van der Waals surface area contributed by atoms with Gasteiger partial charge in [0.2, 0.25) is 5.91 Å². The van der Waals surface area contributed by atoms with E-state index >= 15 is 0 Å². The third-order valence-electron chi connectivity index (χ3n) is 5.10. The monoisotopic (exact) mass is 377 g/mol. The molecule has 1 fully saturated rings. The Bertz CT molecular complexity index is 892. The van der Waals surface area contributed by atoms with Gasteiger partial charge in [0, 0.05) is 25.6 Å². The van der Waals surface area contributed by atoms with Gasteiger partial charge in [0.05, 0.1) is 17.5 Å². The van der Waals surface area contributed by atoms with Crippen LogP contribution in [0.3, 0.4) is 0 Å². The molecule has 1 aromatic rings. The van der Waals surface area contributed by atoms with Crippen LogP contribution >= 0.6 is 0 Å². The number of nitrogens with zero attached hydrogens (tertiary/aromatic N) is 3. The van der Waals surface area contributed by atoms with Gasteiger partial charge in [0.1, 0.15) is 5.71 Å². The summed E-state index contributed by atoms with van der Waals surface area (Å²) in [7, 11) is -1.45. The van der Waals surface area contributed by atoms with Crippen molar-refractivity contribution in [2.45, 2.75) is 39.2 Å². The Kier molecular flexibility index (Phi) is 4.88. The fourth-order valence-electron chi connectivity index (χ4n) is 3.38. The van der Waals surface area contributed by atoms with Crippen molar-refractivity contribution >= 4 is 33.1 Å². The quantitative estimate of drug-likeness (QED) is 0.797. The average molecular weight is 377 g/mol. The Morgan fingerprint density at radius 2 is 2.00 bits per heavy atom. The van der Waals surface area contributed by atoms with Crippen molar-refractivity contribution in [1.82, 2.24) is 5.01 Å². The Balaban J connectivity index is 1.85. The van der Waals surface area contributed by atoms with Crippen LogP contribution in [-0.4, -0.2) is 55.5 Å². The zero-order valence-corrected chi connectivity index (χ0v) is 16.0. The van der Waals surface area contributed by atoms with Crippen LogP contribution in [-0.2, 0) is 19.4 Å². The first-order chi connectivity index (χ1) is 12.2. The lowest BCUT2D eigenvalue weighted by Gasteiger charge is -2.29. The first kappa shape index (κ1) is 18.6. The summed E-state index contributed by atoms with van der Waals surface area (Å²) in [6.07, 6.45) is 0.802. The maximum atomic E-state index is 12.9. The summed E-state index contributed by atoms with van der Waals surface area (Å²) in [6.45, 7) is 3.94. The SMILES string of the molecule is Cc1cccc(N(C)C(=O)C2=NN([C@H]3CCS(=O)(=O)C3)C(=O)CC2)c1C. The van der Waals surface area contributed by atoms with Gasteiger partial charge in [-0.3, -0.25) is 9.59 Å². The molecule has 1 aromatic carbocycles. The van der Waals surface area contributed by atoms with E-state index < -0.39 is 15.9 Å². The zero-order chi connectivity index (χ0) is 19.1. The molecule has 1 atom stereocenters. The molecule has 1 saturated heterocycles. The fourth-order valence-corrected chi connectivity index (χ4v) is 5.07. The molecule has 0 saturated carbocycles. The number of carbonyl (C=O) groups is 2. The lowest BCUT2D eigenvalue weighted by atomic mass is 10.1. The lowest BCUT2D eigenvalue weighted by molar-refractivity contribution is -0.133. The summed E-state index contributed by atoms with van der Waals surface area (Å²) in [5.41, 5.74) is 3.18. The molecule has 0 aliphatic carbocycles. The molecule has 0 unspecified atom stereocenters. The molecule has 8 heteroatoms. The average Bonchev–Trinajstić information content (AvgIpc) is 2.96. The minimum absolute atomic E-state index is 0.0582. The molecule has 2 heterocycles. The van der Waals surface area contributed by atoms with Gasteiger partial charge in [0.25, 0.3) is 5.91 Å². The summed E-state index contributed by atoms with van der Waals surface area (Å²) in [4.78, 5) is 26.6. The number of anilines is 1. The second-order valence-corrected chi connectivity index (χ2v) is 9.15. The Hall–Kier alpha value is -2.22. The van der Waals surface area contributed by atoms with Gasteiger partial charge in [-0.05, 0) is 37.5 Å². The van der Waals surface area contributed by atoms with Crippen LogP contribution in [0.4, 0.5) is 5.69 Å². The first-order valence-electron chi connectivity index (χ1n) is 8.64. The number of aryl methyl sites for hydroxylation is 1.